The van der Waals surface area contributed by atoms with E-state index < -0.39 is 5.60 Å². The Labute approximate surface area is 149 Å². The van der Waals surface area contributed by atoms with Crippen molar-refractivity contribution in [1.82, 2.24) is 9.80 Å². The van der Waals surface area contributed by atoms with Crippen LogP contribution >= 0.6 is 0 Å². The Morgan fingerprint density at radius 2 is 1.68 bits per heavy atom. The summed E-state index contributed by atoms with van der Waals surface area (Å²) in [7, 11) is 0. The van der Waals surface area contributed by atoms with Gasteiger partial charge in [-0.3, -0.25) is 9.69 Å². The Hall–Kier alpha value is -1.46. The van der Waals surface area contributed by atoms with Crippen LogP contribution in [0.1, 0.15) is 50.5 Å². The van der Waals surface area contributed by atoms with E-state index >= 15 is 0 Å². The molecule has 4 nitrogen and oxygen atoms in total. The molecule has 2 heterocycles. The minimum absolute atomic E-state index is 0.230. The fourth-order valence-electron chi connectivity index (χ4n) is 4.04. The topological polar surface area (TPSA) is 43.8 Å². The summed E-state index contributed by atoms with van der Waals surface area (Å²) in [5.41, 5.74) is -0.825. The third-order valence-corrected chi connectivity index (χ3v) is 5.46. The number of carbonyl (C=O) groups is 1. The van der Waals surface area contributed by atoms with Gasteiger partial charge in [0.2, 0.25) is 0 Å². The number of halogens is 1. The van der Waals surface area contributed by atoms with Crippen molar-refractivity contribution >= 4 is 5.91 Å². The monoisotopic (exact) mass is 348 g/mol. The predicted molar refractivity (Wildman–Crippen MR) is 95.5 cm³/mol. The summed E-state index contributed by atoms with van der Waals surface area (Å²) < 4.78 is 13.9. The van der Waals surface area contributed by atoms with E-state index in [4.69, 9.17) is 0 Å². The van der Waals surface area contributed by atoms with Crippen LogP contribution in [0.3, 0.4) is 0 Å². The second-order valence-electron chi connectivity index (χ2n) is 7.50. The summed E-state index contributed by atoms with van der Waals surface area (Å²) in [6.45, 7) is 3.11. The summed E-state index contributed by atoms with van der Waals surface area (Å²) in [5.74, 6) is -0.544. The van der Waals surface area contributed by atoms with Gasteiger partial charge in [-0.05, 0) is 44.8 Å². The lowest BCUT2D eigenvalue weighted by atomic mass is 9.90. The van der Waals surface area contributed by atoms with Gasteiger partial charge < -0.3 is 10.0 Å². The number of amides is 1. The first kappa shape index (κ1) is 18.3. The van der Waals surface area contributed by atoms with Crippen LogP contribution in [0.5, 0.6) is 0 Å². The number of likely N-dealkylation sites (tertiary alicyclic amines) is 2. The van der Waals surface area contributed by atoms with Gasteiger partial charge in [0.05, 0.1) is 0 Å². The van der Waals surface area contributed by atoms with Crippen LogP contribution in [0.15, 0.2) is 24.3 Å². The lowest BCUT2D eigenvalue weighted by Crippen LogP contribution is -2.58. The lowest BCUT2D eigenvalue weighted by Gasteiger charge is -2.41. The number of hydrogen-bond donors (Lipinski definition) is 1. The molecule has 1 aromatic rings. The number of rotatable bonds is 4. The molecule has 2 saturated heterocycles. The molecule has 1 N–H and O–H groups in total. The Kier molecular flexibility index (Phi) is 6.07. The van der Waals surface area contributed by atoms with Crippen molar-refractivity contribution < 1.29 is 14.3 Å². The van der Waals surface area contributed by atoms with Crippen molar-refractivity contribution in [2.75, 3.05) is 26.2 Å². The van der Waals surface area contributed by atoms with Gasteiger partial charge >= 0.3 is 0 Å². The molecule has 0 bridgehead atoms. The maximum Gasteiger partial charge on any atom is 0.256 e. The van der Waals surface area contributed by atoms with E-state index in [9.17, 15) is 14.3 Å². The van der Waals surface area contributed by atoms with Crippen molar-refractivity contribution in [2.24, 2.45) is 0 Å². The molecule has 1 atom stereocenters. The first-order valence-electron chi connectivity index (χ1n) is 9.56. The molecule has 0 aliphatic carbocycles. The van der Waals surface area contributed by atoms with Gasteiger partial charge in [-0.25, -0.2) is 4.39 Å². The number of β-amino-alcohol motifs (C(OH)–C–C–N with tert-alkyl or cyclic N) is 1. The average Bonchev–Trinajstić information content (AvgIpc) is 2.56. The Morgan fingerprint density at radius 1 is 1.00 bits per heavy atom. The molecule has 1 unspecified atom stereocenters. The van der Waals surface area contributed by atoms with Gasteiger partial charge in [0.25, 0.3) is 5.91 Å². The van der Waals surface area contributed by atoms with Crippen LogP contribution in [0.25, 0.3) is 0 Å². The SMILES string of the molecule is O=C1N(Cc2ccccc2F)CCCC1(O)CN1CCCCCCC1. The maximum absolute atomic E-state index is 13.9. The van der Waals surface area contributed by atoms with Gasteiger partial charge in [0.15, 0.2) is 5.60 Å². The molecule has 3 rings (SSSR count). The number of hydrogen-bond acceptors (Lipinski definition) is 3. The molecule has 5 heteroatoms. The van der Waals surface area contributed by atoms with E-state index in [1.165, 1.54) is 25.3 Å². The fraction of sp³-hybridized carbons (Fsp3) is 0.650. The van der Waals surface area contributed by atoms with Gasteiger partial charge in [0.1, 0.15) is 5.82 Å². The van der Waals surface area contributed by atoms with Gasteiger partial charge in [-0.15, -0.1) is 0 Å². The van der Waals surface area contributed by atoms with E-state index in [2.05, 4.69) is 4.90 Å². The van der Waals surface area contributed by atoms with Gasteiger partial charge in [0, 0.05) is 25.2 Å². The lowest BCUT2D eigenvalue weighted by molar-refractivity contribution is -0.160. The Bertz CT molecular complexity index is 587. The zero-order chi connectivity index (χ0) is 17.7. The molecule has 0 saturated carbocycles. The minimum atomic E-state index is -1.33. The summed E-state index contributed by atoms with van der Waals surface area (Å²) in [4.78, 5) is 16.8. The van der Waals surface area contributed by atoms with E-state index in [0.717, 1.165) is 32.4 Å². The third-order valence-electron chi connectivity index (χ3n) is 5.46. The number of piperidine rings is 1. The van der Waals surface area contributed by atoms with E-state index in [0.29, 0.717) is 25.1 Å². The van der Waals surface area contributed by atoms with Crippen molar-refractivity contribution in [3.05, 3.63) is 35.6 Å². The largest absolute Gasteiger partial charge is 0.379 e. The number of nitrogens with zero attached hydrogens (tertiary/aromatic N) is 2. The van der Waals surface area contributed by atoms with Crippen LogP contribution in [0.2, 0.25) is 0 Å². The van der Waals surface area contributed by atoms with Crippen LogP contribution in [0, 0.1) is 5.82 Å². The predicted octanol–water partition coefficient (Wildman–Crippen LogP) is 2.95. The van der Waals surface area contributed by atoms with Crippen LogP contribution in [0.4, 0.5) is 4.39 Å². The average molecular weight is 348 g/mol. The molecule has 0 spiro atoms. The maximum atomic E-state index is 13.9. The highest BCUT2D eigenvalue weighted by molar-refractivity contribution is 5.86. The zero-order valence-electron chi connectivity index (χ0n) is 14.9. The molecule has 0 aromatic heterocycles. The van der Waals surface area contributed by atoms with Crippen molar-refractivity contribution in [3.63, 3.8) is 0 Å². The second-order valence-corrected chi connectivity index (χ2v) is 7.50. The Balaban J connectivity index is 1.66. The zero-order valence-corrected chi connectivity index (χ0v) is 14.9. The number of benzene rings is 1. The van der Waals surface area contributed by atoms with E-state index in [1.807, 2.05) is 0 Å². The quantitative estimate of drug-likeness (QED) is 0.910. The third kappa shape index (κ3) is 4.59. The molecule has 2 aliphatic rings. The fourth-order valence-corrected chi connectivity index (χ4v) is 4.04. The highest BCUT2D eigenvalue weighted by Crippen LogP contribution is 2.26. The summed E-state index contributed by atoms with van der Waals surface area (Å²) >= 11 is 0. The van der Waals surface area contributed by atoms with Crippen LogP contribution < -0.4 is 0 Å². The van der Waals surface area contributed by atoms with Crippen molar-refractivity contribution in [2.45, 2.75) is 57.1 Å². The smallest absolute Gasteiger partial charge is 0.256 e. The van der Waals surface area contributed by atoms with E-state index in [-0.39, 0.29) is 18.3 Å². The first-order chi connectivity index (χ1) is 12.1. The first-order valence-corrected chi connectivity index (χ1v) is 9.56. The normalized spacial score (nSPS) is 26.3. The molecule has 0 radical (unpaired) electrons. The van der Waals surface area contributed by atoms with Crippen LogP contribution in [-0.2, 0) is 11.3 Å². The molecular formula is C20H29FN2O2. The molecule has 2 fully saturated rings. The summed E-state index contributed by atoms with van der Waals surface area (Å²) in [6.07, 6.45) is 7.24. The highest BCUT2D eigenvalue weighted by atomic mass is 19.1. The van der Waals surface area contributed by atoms with Crippen molar-refractivity contribution in [3.8, 4) is 0 Å². The number of carbonyl (C=O) groups excluding carboxylic acids is 1. The molecular weight excluding hydrogens is 319 g/mol. The van der Waals surface area contributed by atoms with Crippen molar-refractivity contribution in [1.29, 1.82) is 0 Å². The van der Waals surface area contributed by atoms with Crippen LogP contribution in [-0.4, -0.2) is 52.6 Å². The molecule has 1 aromatic carbocycles. The minimum Gasteiger partial charge on any atom is -0.379 e. The molecule has 2 aliphatic heterocycles. The Morgan fingerprint density at radius 3 is 2.40 bits per heavy atom. The molecule has 138 valence electrons. The molecule has 25 heavy (non-hydrogen) atoms. The second kappa shape index (κ2) is 8.28. The van der Waals surface area contributed by atoms with Gasteiger partial charge in [-0.1, -0.05) is 37.5 Å². The van der Waals surface area contributed by atoms with Gasteiger partial charge in [-0.2, -0.15) is 0 Å². The summed E-state index contributed by atoms with van der Waals surface area (Å²) in [6, 6.07) is 6.54. The highest BCUT2D eigenvalue weighted by Gasteiger charge is 2.43. The standard InChI is InChI=1S/C20H29FN2O2/c21-18-10-5-4-9-17(18)15-23-14-8-11-20(25,19(23)24)16-22-12-6-2-1-3-7-13-22/h4-5,9-10,25H,1-3,6-8,11-16H2. The number of aliphatic hydroxyl groups is 1. The summed E-state index contributed by atoms with van der Waals surface area (Å²) in [5, 5.41) is 11.0. The molecule has 1 amide bonds. The van der Waals surface area contributed by atoms with E-state index in [1.54, 1.807) is 23.1 Å².